The fourth-order valence-corrected chi connectivity index (χ4v) is 2.59. The number of hydrogen-bond donors (Lipinski definition) is 0. The van der Waals surface area contributed by atoms with Crippen LogP contribution in [0, 0.1) is 0 Å². The van der Waals surface area contributed by atoms with E-state index in [1.807, 2.05) is 26.1 Å². The Morgan fingerprint density at radius 2 is 1.88 bits per heavy atom. The minimum Gasteiger partial charge on any atom is -0.329 e. The predicted octanol–water partition coefficient (Wildman–Crippen LogP) is 2.15. The van der Waals surface area contributed by atoms with Crippen molar-refractivity contribution in [3.63, 3.8) is 0 Å². The number of carbonyl (C=O) groups is 1. The van der Waals surface area contributed by atoms with Gasteiger partial charge in [-0.2, -0.15) is 0 Å². The Morgan fingerprint density at radius 3 is 2.62 bits per heavy atom. The lowest BCUT2D eigenvalue weighted by molar-refractivity contribution is -0.115. The van der Waals surface area contributed by atoms with Crippen molar-refractivity contribution >= 4 is 17.2 Å². The summed E-state index contributed by atoms with van der Waals surface area (Å²) in [5.74, 6) is 1.32. The molecule has 0 amide bonds. The van der Waals surface area contributed by atoms with Crippen LogP contribution < -0.4 is 9.80 Å². The molecular weight excluding hydrogens is 200 g/mol. The Morgan fingerprint density at radius 1 is 1.19 bits per heavy atom. The zero-order valence-corrected chi connectivity index (χ0v) is 9.53. The van der Waals surface area contributed by atoms with Gasteiger partial charge >= 0.3 is 0 Å². The quantitative estimate of drug-likeness (QED) is 0.661. The lowest BCUT2D eigenvalue weighted by Crippen LogP contribution is -2.34. The number of benzene rings is 1. The first-order valence-corrected chi connectivity index (χ1v) is 5.54. The van der Waals surface area contributed by atoms with Crippen molar-refractivity contribution in [3.05, 3.63) is 35.7 Å². The number of anilines is 2. The molecule has 0 fully saturated rings. The first-order valence-electron chi connectivity index (χ1n) is 5.54. The normalized spacial score (nSPS) is 19.0. The van der Waals surface area contributed by atoms with Crippen LogP contribution in [0.25, 0.3) is 0 Å². The van der Waals surface area contributed by atoms with Crippen molar-refractivity contribution < 1.29 is 4.79 Å². The second-order valence-corrected chi connectivity index (χ2v) is 4.32. The zero-order valence-electron chi connectivity index (χ0n) is 9.53. The molecule has 0 radical (unpaired) electrons. The molecule has 2 heterocycles. The Labute approximate surface area is 95.0 Å². The van der Waals surface area contributed by atoms with E-state index in [9.17, 15) is 4.79 Å². The number of nitrogens with zero attached hydrogens (tertiary/aromatic N) is 2. The predicted molar refractivity (Wildman–Crippen MR) is 64.5 cm³/mol. The van der Waals surface area contributed by atoms with E-state index >= 15 is 0 Å². The maximum atomic E-state index is 11.7. The smallest absolute Gasteiger partial charge is 0.163 e. The summed E-state index contributed by atoms with van der Waals surface area (Å²) in [6, 6.07) is 8.28. The van der Waals surface area contributed by atoms with Gasteiger partial charge in [-0.3, -0.25) is 4.79 Å². The van der Waals surface area contributed by atoms with Crippen LogP contribution in [0.1, 0.15) is 13.3 Å². The number of allylic oxidation sites excluding steroid dienone is 1. The molecule has 2 aliphatic heterocycles. The highest BCUT2D eigenvalue weighted by Crippen LogP contribution is 2.43. The van der Waals surface area contributed by atoms with Crippen molar-refractivity contribution in [2.75, 3.05) is 23.4 Å². The highest BCUT2D eigenvalue weighted by Gasteiger charge is 2.34. The number of rotatable bonds is 0. The molecule has 2 aliphatic rings. The summed E-state index contributed by atoms with van der Waals surface area (Å²) in [4.78, 5) is 16.1. The third kappa shape index (κ3) is 1.06. The minimum atomic E-state index is 0.269. The molecule has 1 aromatic carbocycles. The van der Waals surface area contributed by atoms with Gasteiger partial charge in [-0.15, -0.1) is 0 Å². The van der Waals surface area contributed by atoms with Gasteiger partial charge in [0, 0.05) is 25.6 Å². The maximum absolute atomic E-state index is 11.7. The van der Waals surface area contributed by atoms with Crippen molar-refractivity contribution in [1.29, 1.82) is 0 Å². The molecule has 1 aromatic rings. The number of hydrogen-bond acceptors (Lipinski definition) is 3. The van der Waals surface area contributed by atoms with E-state index in [-0.39, 0.29) is 5.78 Å². The molecule has 0 saturated heterocycles. The molecule has 16 heavy (non-hydrogen) atoms. The summed E-state index contributed by atoms with van der Waals surface area (Å²) in [6.07, 6.45) is 0.623. The van der Waals surface area contributed by atoms with Gasteiger partial charge in [-0.1, -0.05) is 12.1 Å². The molecule has 3 heteroatoms. The van der Waals surface area contributed by atoms with Crippen molar-refractivity contribution in [2.45, 2.75) is 13.3 Å². The van der Waals surface area contributed by atoms with E-state index in [2.05, 4.69) is 21.9 Å². The molecule has 0 saturated carbocycles. The van der Waals surface area contributed by atoms with Crippen LogP contribution in [-0.4, -0.2) is 19.4 Å². The molecule has 0 N–H and O–H groups in total. The summed E-state index contributed by atoms with van der Waals surface area (Å²) in [5.41, 5.74) is 3.28. The highest BCUT2D eigenvalue weighted by atomic mass is 16.1. The Bertz CT molecular complexity index is 504. The average Bonchev–Trinajstić information content (AvgIpc) is 2.59. The van der Waals surface area contributed by atoms with Crippen LogP contribution in [0.15, 0.2) is 35.7 Å². The van der Waals surface area contributed by atoms with Crippen LogP contribution >= 0.6 is 0 Å². The Kier molecular flexibility index (Phi) is 1.84. The van der Waals surface area contributed by atoms with Crippen molar-refractivity contribution in [2.24, 2.45) is 0 Å². The third-order valence-electron chi connectivity index (χ3n) is 3.42. The lowest BCUT2D eigenvalue weighted by atomic mass is 10.1. The van der Waals surface area contributed by atoms with Crippen LogP contribution in [0.2, 0.25) is 0 Å². The second kappa shape index (κ2) is 3.11. The summed E-state index contributed by atoms with van der Waals surface area (Å²) in [6.45, 7) is 2.72. The number of carbonyl (C=O) groups excluding carboxylic acids is 1. The monoisotopic (exact) mass is 214 g/mol. The number of fused-ring (bicyclic) bond motifs is 3. The topological polar surface area (TPSA) is 23.6 Å². The van der Waals surface area contributed by atoms with Gasteiger partial charge in [0.15, 0.2) is 5.78 Å². The summed E-state index contributed by atoms with van der Waals surface area (Å²) in [7, 11) is 2.02. The molecule has 0 aromatic heterocycles. The summed E-state index contributed by atoms with van der Waals surface area (Å²) in [5, 5.41) is 0. The molecule has 3 nitrogen and oxygen atoms in total. The fraction of sp³-hybridized carbons (Fsp3) is 0.308. The zero-order chi connectivity index (χ0) is 11.3. The molecule has 3 rings (SSSR count). The second-order valence-electron chi connectivity index (χ2n) is 4.32. The van der Waals surface area contributed by atoms with Crippen molar-refractivity contribution in [1.82, 2.24) is 0 Å². The average molecular weight is 214 g/mol. The molecule has 0 atom stereocenters. The van der Waals surface area contributed by atoms with Crippen LogP contribution in [-0.2, 0) is 4.79 Å². The first kappa shape index (κ1) is 9.46. The van der Waals surface area contributed by atoms with Gasteiger partial charge in [-0.05, 0) is 19.1 Å². The number of ketones is 1. The molecule has 82 valence electrons. The van der Waals surface area contributed by atoms with E-state index < -0.39 is 0 Å². The van der Waals surface area contributed by atoms with Gasteiger partial charge < -0.3 is 9.80 Å². The van der Waals surface area contributed by atoms with Gasteiger partial charge in [0.05, 0.1) is 11.4 Å². The van der Waals surface area contributed by atoms with Crippen LogP contribution in [0.5, 0.6) is 0 Å². The summed E-state index contributed by atoms with van der Waals surface area (Å²) >= 11 is 0. The third-order valence-corrected chi connectivity index (χ3v) is 3.42. The number of Topliss-reactive ketones (excluding diaryl/α,β-unsaturated/α-hetero) is 1. The fourth-order valence-electron chi connectivity index (χ4n) is 2.59. The standard InChI is InChI=1S/C13H14N2O/c1-9-12(16)7-8-15-11-6-4-3-5-10(11)14(2)13(9)15/h3-6H,7-8H2,1-2H3. The lowest BCUT2D eigenvalue weighted by Gasteiger charge is -2.28. The van der Waals surface area contributed by atoms with Crippen LogP contribution in [0.3, 0.4) is 0 Å². The highest BCUT2D eigenvalue weighted by molar-refractivity contribution is 6.01. The molecule has 0 aliphatic carbocycles. The van der Waals surface area contributed by atoms with E-state index in [1.54, 1.807) is 0 Å². The van der Waals surface area contributed by atoms with E-state index in [4.69, 9.17) is 0 Å². The van der Waals surface area contributed by atoms with Crippen LogP contribution in [0.4, 0.5) is 11.4 Å². The molecule has 0 bridgehead atoms. The van der Waals surface area contributed by atoms with Gasteiger partial charge in [0.25, 0.3) is 0 Å². The largest absolute Gasteiger partial charge is 0.329 e. The van der Waals surface area contributed by atoms with E-state index in [1.165, 1.54) is 11.4 Å². The van der Waals surface area contributed by atoms with Gasteiger partial charge in [0.1, 0.15) is 5.82 Å². The number of para-hydroxylation sites is 2. The first-order chi connectivity index (χ1) is 7.70. The molecule has 0 unspecified atom stereocenters. The molecular formula is C13H14N2O. The minimum absolute atomic E-state index is 0.269. The Balaban J connectivity index is 2.22. The van der Waals surface area contributed by atoms with Gasteiger partial charge in [-0.25, -0.2) is 0 Å². The summed E-state index contributed by atoms with van der Waals surface area (Å²) < 4.78 is 0. The van der Waals surface area contributed by atoms with E-state index in [0.717, 1.165) is 17.9 Å². The van der Waals surface area contributed by atoms with Crippen molar-refractivity contribution in [3.8, 4) is 0 Å². The van der Waals surface area contributed by atoms with Gasteiger partial charge in [0.2, 0.25) is 0 Å². The SMILES string of the molecule is CC1=C2N(C)c3ccccc3N2CCC1=O. The Hall–Kier alpha value is -1.77. The molecule has 0 spiro atoms. The maximum Gasteiger partial charge on any atom is 0.163 e. The van der Waals surface area contributed by atoms with E-state index in [0.29, 0.717) is 6.42 Å².